The first-order chi connectivity index (χ1) is 12.6. The first-order valence-electron chi connectivity index (χ1n) is 8.68. The van der Waals surface area contributed by atoms with Crippen molar-refractivity contribution in [1.82, 2.24) is 4.90 Å². The molecule has 0 aliphatic carbocycles. The SMILES string of the molecule is CCOc1ccccc1NC(=O)CC1c2ccccc2C=CN1C(C)=O. The molecule has 0 radical (unpaired) electrons. The van der Waals surface area contributed by atoms with Crippen molar-refractivity contribution in [1.29, 1.82) is 0 Å². The van der Waals surface area contributed by atoms with Crippen LogP contribution in [-0.4, -0.2) is 23.3 Å². The number of hydrogen-bond acceptors (Lipinski definition) is 3. The molecule has 0 saturated heterocycles. The summed E-state index contributed by atoms with van der Waals surface area (Å²) in [5.41, 5.74) is 2.63. The van der Waals surface area contributed by atoms with Gasteiger partial charge in [0, 0.05) is 13.1 Å². The van der Waals surface area contributed by atoms with Crippen LogP contribution in [0.2, 0.25) is 0 Å². The molecule has 0 saturated carbocycles. The Hall–Kier alpha value is -3.08. The lowest BCUT2D eigenvalue weighted by atomic mass is 9.93. The van der Waals surface area contributed by atoms with Crippen LogP contribution in [0.4, 0.5) is 5.69 Å². The first kappa shape index (κ1) is 17.7. The number of ether oxygens (including phenoxy) is 1. The number of amides is 2. The molecule has 5 heteroatoms. The van der Waals surface area contributed by atoms with Crippen LogP contribution in [-0.2, 0) is 9.59 Å². The van der Waals surface area contributed by atoms with Crippen LogP contribution in [0.3, 0.4) is 0 Å². The highest BCUT2D eigenvalue weighted by atomic mass is 16.5. The average molecular weight is 350 g/mol. The smallest absolute Gasteiger partial charge is 0.226 e. The summed E-state index contributed by atoms with van der Waals surface area (Å²) in [6.45, 7) is 3.92. The Morgan fingerprint density at radius 2 is 1.85 bits per heavy atom. The molecule has 5 nitrogen and oxygen atoms in total. The standard InChI is InChI=1S/C21H22N2O3/c1-3-26-20-11-7-6-10-18(20)22-21(25)14-19-17-9-5-4-8-16(17)12-13-23(19)15(2)24/h4-13,19H,3,14H2,1-2H3,(H,22,25). The van der Waals surface area contributed by atoms with Gasteiger partial charge in [0.1, 0.15) is 5.75 Å². The molecular weight excluding hydrogens is 328 g/mol. The van der Waals surface area contributed by atoms with Gasteiger partial charge >= 0.3 is 0 Å². The van der Waals surface area contributed by atoms with Gasteiger partial charge in [-0.3, -0.25) is 9.59 Å². The topological polar surface area (TPSA) is 58.6 Å². The molecule has 2 aromatic rings. The van der Waals surface area contributed by atoms with Crippen LogP contribution in [0.25, 0.3) is 6.08 Å². The van der Waals surface area contributed by atoms with Crippen LogP contribution >= 0.6 is 0 Å². The zero-order chi connectivity index (χ0) is 18.5. The Kier molecular flexibility index (Phi) is 5.37. The number of para-hydroxylation sites is 2. The zero-order valence-corrected chi connectivity index (χ0v) is 14.9. The monoisotopic (exact) mass is 350 g/mol. The molecule has 2 aromatic carbocycles. The van der Waals surface area contributed by atoms with Gasteiger partial charge in [-0.25, -0.2) is 0 Å². The summed E-state index contributed by atoms with van der Waals surface area (Å²) in [6.07, 6.45) is 3.81. The molecule has 1 aliphatic rings. The number of fused-ring (bicyclic) bond motifs is 1. The number of nitrogens with zero attached hydrogens (tertiary/aromatic N) is 1. The number of nitrogens with one attached hydrogen (secondary N) is 1. The third kappa shape index (κ3) is 3.77. The molecule has 1 N–H and O–H groups in total. The number of hydrogen-bond donors (Lipinski definition) is 1. The van der Waals surface area contributed by atoms with Crippen LogP contribution in [0.1, 0.15) is 37.4 Å². The van der Waals surface area contributed by atoms with Gasteiger partial charge in [0.05, 0.1) is 24.8 Å². The van der Waals surface area contributed by atoms with Gasteiger partial charge < -0.3 is 15.0 Å². The van der Waals surface area contributed by atoms with Crippen LogP contribution < -0.4 is 10.1 Å². The quantitative estimate of drug-likeness (QED) is 0.887. The second kappa shape index (κ2) is 7.87. The van der Waals surface area contributed by atoms with Crippen LogP contribution in [0, 0.1) is 0 Å². The van der Waals surface area contributed by atoms with E-state index < -0.39 is 0 Å². The molecule has 3 rings (SSSR count). The van der Waals surface area contributed by atoms with Gasteiger partial charge in [-0.05, 0) is 36.3 Å². The molecule has 0 bridgehead atoms. The number of anilines is 1. The van der Waals surface area contributed by atoms with E-state index in [2.05, 4.69) is 5.32 Å². The van der Waals surface area contributed by atoms with E-state index in [1.807, 2.05) is 55.5 Å². The van der Waals surface area contributed by atoms with Gasteiger partial charge in [0.15, 0.2) is 0 Å². The summed E-state index contributed by atoms with van der Waals surface area (Å²) < 4.78 is 5.55. The van der Waals surface area contributed by atoms with Crippen molar-refractivity contribution in [3.8, 4) is 5.75 Å². The van der Waals surface area contributed by atoms with Crippen LogP contribution in [0.5, 0.6) is 5.75 Å². The summed E-state index contributed by atoms with van der Waals surface area (Å²) in [6, 6.07) is 14.8. The summed E-state index contributed by atoms with van der Waals surface area (Å²) in [5.74, 6) is 0.373. The number of carbonyl (C=O) groups excluding carboxylic acids is 2. The molecule has 2 amide bonds. The number of benzene rings is 2. The lowest BCUT2D eigenvalue weighted by molar-refractivity contribution is -0.129. The number of rotatable bonds is 5. The maximum Gasteiger partial charge on any atom is 0.226 e. The third-order valence-corrected chi connectivity index (χ3v) is 4.31. The minimum absolute atomic E-state index is 0.0942. The Labute approximate surface area is 153 Å². The second-order valence-electron chi connectivity index (χ2n) is 6.07. The van der Waals surface area contributed by atoms with E-state index in [1.165, 1.54) is 6.92 Å². The summed E-state index contributed by atoms with van der Waals surface area (Å²) in [7, 11) is 0. The molecule has 0 aromatic heterocycles. The largest absolute Gasteiger partial charge is 0.492 e. The highest BCUT2D eigenvalue weighted by molar-refractivity contribution is 5.93. The van der Waals surface area contributed by atoms with Gasteiger partial charge in [-0.1, -0.05) is 36.4 Å². The predicted octanol–water partition coefficient (Wildman–Crippen LogP) is 3.99. The van der Waals surface area contributed by atoms with Crippen molar-refractivity contribution in [3.05, 3.63) is 65.9 Å². The maximum atomic E-state index is 12.7. The minimum Gasteiger partial charge on any atom is -0.492 e. The molecule has 0 fully saturated rings. The third-order valence-electron chi connectivity index (χ3n) is 4.31. The minimum atomic E-state index is -0.326. The Balaban J connectivity index is 1.81. The molecule has 1 unspecified atom stereocenters. The fraction of sp³-hybridized carbons (Fsp3) is 0.238. The molecular formula is C21H22N2O3. The van der Waals surface area contributed by atoms with E-state index in [0.717, 1.165) is 11.1 Å². The predicted molar refractivity (Wildman–Crippen MR) is 102 cm³/mol. The molecule has 1 atom stereocenters. The lowest BCUT2D eigenvalue weighted by Gasteiger charge is -2.32. The van der Waals surface area contributed by atoms with Crippen LogP contribution in [0.15, 0.2) is 54.7 Å². The highest BCUT2D eigenvalue weighted by Gasteiger charge is 2.28. The molecule has 0 spiro atoms. The fourth-order valence-corrected chi connectivity index (χ4v) is 3.14. The van der Waals surface area contributed by atoms with Crippen molar-refractivity contribution >= 4 is 23.6 Å². The fourth-order valence-electron chi connectivity index (χ4n) is 3.14. The van der Waals surface area contributed by atoms with Gasteiger partial charge in [0.2, 0.25) is 11.8 Å². The normalized spacial score (nSPS) is 15.3. The zero-order valence-electron chi connectivity index (χ0n) is 14.9. The number of carbonyl (C=O) groups is 2. The van der Waals surface area contributed by atoms with Gasteiger partial charge in [-0.2, -0.15) is 0 Å². The highest BCUT2D eigenvalue weighted by Crippen LogP contribution is 2.33. The Morgan fingerprint density at radius 1 is 1.12 bits per heavy atom. The summed E-state index contributed by atoms with van der Waals surface area (Å²) >= 11 is 0. The van der Waals surface area contributed by atoms with Crippen molar-refractivity contribution < 1.29 is 14.3 Å². The van der Waals surface area contributed by atoms with E-state index in [1.54, 1.807) is 17.2 Å². The Bertz CT molecular complexity index is 845. The van der Waals surface area contributed by atoms with E-state index in [0.29, 0.717) is 18.0 Å². The maximum absolute atomic E-state index is 12.7. The van der Waals surface area contributed by atoms with Crippen molar-refractivity contribution in [2.24, 2.45) is 0 Å². The van der Waals surface area contributed by atoms with E-state index in [4.69, 9.17) is 4.74 Å². The second-order valence-corrected chi connectivity index (χ2v) is 6.07. The summed E-state index contributed by atoms with van der Waals surface area (Å²) in [5, 5.41) is 2.91. The van der Waals surface area contributed by atoms with E-state index in [9.17, 15) is 9.59 Å². The van der Waals surface area contributed by atoms with Crippen molar-refractivity contribution in [3.63, 3.8) is 0 Å². The van der Waals surface area contributed by atoms with E-state index in [-0.39, 0.29) is 24.3 Å². The van der Waals surface area contributed by atoms with Gasteiger partial charge in [-0.15, -0.1) is 0 Å². The molecule has 1 aliphatic heterocycles. The van der Waals surface area contributed by atoms with E-state index >= 15 is 0 Å². The molecule has 134 valence electrons. The van der Waals surface area contributed by atoms with Crippen molar-refractivity contribution in [2.75, 3.05) is 11.9 Å². The first-order valence-corrected chi connectivity index (χ1v) is 8.68. The summed E-state index contributed by atoms with van der Waals surface area (Å²) in [4.78, 5) is 26.3. The van der Waals surface area contributed by atoms with Crippen molar-refractivity contribution in [2.45, 2.75) is 26.3 Å². The molecule has 1 heterocycles. The lowest BCUT2D eigenvalue weighted by Crippen LogP contribution is -2.33. The van der Waals surface area contributed by atoms with Gasteiger partial charge in [0.25, 0.3) is 0 Å². The molecule has 26 heavy (non-hydrogen) atoms. The average Bonchev–Trinajstić information content (AvgIpc) is 2.63. The Morgan fingerprint density at radius 3 is 2.62 bits per heavy atom.